The summed E-state index contributed by atoms with van der Waals surface area (Å²) in [5.41, 5.74) is 0.264. The van der Waals surface area contributed by atoms with Crippen LogP contribution in [0.3, 0.4) is 0 Å². The highest BCUT2D eigenvalue weighted by Gasteiger charge is 2.41. The van der Waals surface area contributed by atoms with Crippen LogP contribution in [0.5, 0.6) is 5.75 Å². The van der Waals surface area contributed by atoms with E-state index in [1.807, 2.05) is 0 Å². The predicted molar refractivity (Wildman–Crippen MR) is 142 cm³/mol. The molecule has 238 valence electrons. The van der Waals surface area contributed by atoms with Crippen molar-refractivity contribution < 1.29 is 44.7 Å². The number of nitrogens with zero attached hydrogens (tertiary/aromatic N) is 6. The minimum Gasteiger partial charge on any atom is -0.406 e. The van der Waals surface area contributed by atoms with E-state index in [4.69, 9.17) is 0 Å². The molecule has 12 nitrogen and oxygen atoms in total. The van der Waals surface area contributed by atoms with E-state index in [1.54, 1.807) is 6.92 Å². The second kappa shape index (κ2) is 12.8. The minimum absolute atomic E-state index is 0.106. The molecule has 4 rings (SSSR count). The lowest BCUT2D eigenvalue weighted by atomic mass is 10.0. The van der Waals surface area contributed by atoms with Crippen molar-refractivity contribution in [3.05, 3.63) is 65.5 Å². The third-order valence-electron chi connectivity index (χ3n) is 6.93. The van der Waals surface area contributed by atoms with Gasteiger partial charge >= 0.3 is 6.36 Å². The lowest BCUT2D eigenvalue weighted by Gasteiger charge is -2.39. The maximum atomic E-state index is 14.0. The molecular formula is C26H28F5N7O5S. The molecule has 0 radical (unpaired) electrons. The number of halogens is 5. The third kappa shape index (κ3) is 7.65. The Labute approximate surface area is 248 Å². The molecule has 0 saturated carbocycles. The zero-order valence-corrected chi connectivity index (χ0v) is 24.3. The van der Waals surface area contributed by atoms with E-state index in [9.17, 15) is 40.0 Å². The molecule has 2 heterocycles. The standard InChI is InChI=1S/C26H28F5N7O5S/c1-3-25(27,28)19-6-4-18(5-7-19)14-32-24(40)22-15-36(23(39)16-37-17(2)33-34-35-37)12-13-38(22)44(41,42)21-10-8-20(9-11-21)43-26(29,30)31/h4-11,22H,3,12-16H2,1-2H3,(H,32,40)/t22-/m1/s1. The van der Waals surface area contributed by atoms with Gasteiger partial charge in [-0.25, -0.2) is 21.9 Å². The van der Waals surface area contributed by atoms with Crippen molar-refractivity contribution in [1.29, 1.82) is 0 Å². The predicted octanol–water partition coefficient (Wildman–Crippen LogP) is 2.60. The fraction of sp³-hybridized carbons (Fsp3) is 0.423. The molecule has 1 aliphatic heterocycles. The van der Waals surface area contributed by atoms with E-state index >= 15 is 0 Å². The Balaban J connectivity index is 1.55. The van der Waals surface area contributed by atoms with Gasteiger partial charge in [0.1, 0.15) is 24.2 Å². The monoisotopic (exact) mass is 645 g/mol. The largest absolute Gasteiger partial charge is 0.573 e. The maximum Gasteiger partial charge on any atom is 0.573 e. The van der Waals surface area contributed by atoms with Gasteiger partial charge in [-0.3, -0.25) is 9.59 Å². The molecule has 1 saturated heterocycles. The van der Waals surface area contributed by atoms with Crippen molar-refractivity contribution >= 4 is 21.8 Å². The van der Waals surface area contributed by atoms with Crippen LogP contribution >= 0.6 is 0 Å². The molecule has 0 bridgehead atoms. The van der Waals surface area contributed by atoms with E-state index in [0.717, 1.165) is 28.6 Å². The summed E-state index contributed by atoms with van der Waals surface area (Å²) in [5.74, 6) is -4.58. The number of hydrogen-bond donors (Lipinski definition) is 1. The van der Waals surface area contributed by atoms with E-state index < -0.39 is 57.2 Å². The average molecular weight is 646 g/mol. The normalized spacial score (nSPS) is 16.5. The number of rotatable bonds is 10. The molecule has 0 aliphatic carbocycles. The summed E-state index contributed by atoms with van der Waals surface area (Å²) in [7, 11) is -4.45. The van der Waals surface area contributed by atoms with E-state index in [1.165, 1.54) is 40.8 Å². The molecule has 3 aromatic rings. The van der Waals surface area contributed by atoms with Gasteiger partial charge in [-0.05, 0) is 47.2 Å². The molecule has 44 heavy (non-hydrogen) atoms. The van der Waals surface area contributed by atoms with Crippen LogP contribution in [0.15, 0.2) is 53.4 Å². The number of benzene rings is 2. The van der Waals surface area contributed by atoms with Crippen LogP contribution < -0.4 is 10.1 Å². The second-order valence-electron chi connectivity index (χ2n) is 9.85. The quantitative estimate of drug-likeness (QED) is 0.332. The molecule has 1 N–H and O–H groups in total. The van der Waals surface area contributed by atoms with Crippen LogP contribution in [-0.4, -0.2) is 81.7 Å². The van der Waals surface area contributed by atoms with Crippen molar-refractivity contribution in [3.8, 4) is 5.75 Å². The average Bonchev–Trinajstić information content (AvgIpc) is 3.38. The van der Waals surface area contributed by atoms with Crippen molar-refractivity contribution in [2.45, 2.75) is 56.6 Å². The van der Waals surface area contributed by atoms with Crippen molar-refractivity contribution in [3.63, 3.8) is 0 Å². The molecule has 0 spiro atoms. The lowest BCUT2D eigenvalue weighted by Crippen LogP contribution is -2.61. The van der Waals surface area contributed by atoms with Gasteiger partial charge in [-0.2, -0.15) is 4.31 Å². The lowest BCUT2D eigenvalue weighted by molar-refractivity contribution is -0.274. The Bertz CT molecular complexity index is 1580. The maximum absolute atomic E-state index is 14.0. The highest BCUT2D eigenvalue weighted by molar-refractivity contribution is 7.89. The number of piperazine rings is 1. The number of amides is 2. The summed E-state index contributed by atoms with van der Waals surface area (Å²) in [4.78, 5) is 27.3. The van der Waals surface area contributed by atoms with Crippen LogP contribution in [0.2, 0.25) is 0 Å². The summed E-state index contributed by atoms with van der Waals surface area (Å²) in [5, 5.41) is 13.5. The molecular weight excluding hydrogens is 617 g/mol. The molecule has 2 amide bonds. The number of nitrogens with one attached hydrogen (secondary N) is 1. The van der Waals surface area contributed by atoms with Crippen LogP contribution in [-0.2, 0) is 38.6 Å². The number of aromatic nitrogens is 4. The highest BCUT2D eigenvalue weighted by atomic mass is 32.2. The van der Waals surface area contributed by atoms with Gasteiger partial charge in [0.25, 0.3) is 5.92 Å². The first-order chi connectivity index (χ1) is 20.6. The number of tetrazole rings is 1. The zero-order valence-electron chi connectivity index (χ0n) is 23.5. The Morgan fingerprint density at radius 3 is 2.25 bits per heavy atom. The molecule has 1 aliphatic rings. The Hall–Kier alpha value is -4.19. The number of carbonyl (C=O) groups excluding carboxylic acids is 2. The number of aryl methyl sites for hydroxylation is 1. The Morgan fingerprint density at radius 2 is 1.68 bits per heavy atom. The summed E-state index contributed by atoms with van der Waals surface area (Å²) in [6, 6.07) is 7.32. The molecule has 1 aromatic heterocycles. The van der Waals surface area contributed by atoms with E-state index in [-0.39, 0.29) is 38.3 Å². The topological polar surface area (TPSA) is 140 Å². The van der Waals surface area contributed by atoms with E-state index in [0.29, 0.717) is 11.4 Å². The molecule has 2 aromatic carbocycles. The third-order valence-corrected chi connectivity index (χ3v) is 8.86. The minimum atomic E-state index is -4.98. The van der Waals surface area contributed by atoms with Gasteiger partial charge in [-0.15, -0.1) is 18.3 Å². The van der Waals surface area contributed by atoms with Gasteiger partial charge in [0.2, 0.25) is 21.8 Å². The second-order valence-corrected chi connectivity index (χ2v) is 11.7. The summed E-state index contributed by atoms with van der Waals surface area (Å²) < 4.78 is 98.7. The number of sulfonamides is 1. The van der Waals surface area contributed by atoms with E-state index in [2.05, 4.69) is 25.6 Å². The molecule has 0 unspecified atom stereocenters. The van der Waals surface area contributed by atoms with Crippen molar-refractivity contribution in [2.24, 2.45) is 0 Å². The zero-order chi connectivity index (χ0) is 32.3. The number of carbonyl (C=O) groups is 2. The molecule has 1 atom stereocenters. The number of alkyl halides is 5. The fourth-order valence-corrected chi connectivity index (χ4v) is 6.01. The summed E-state index contributed by atoms with van der Waals surface area (Å²) >= 11 is 0. The van der Waals surface area contributed by atoms with Gasteiger partial charge in [0.05, 0.1) is 4.90 Å². The van der Waals surface area contributed by atoms with Crippen LogP contribution in [0.25, 0.3) is 0 Å². The van der Waals surface area contributed by atoms with Crippen molar-refractivity contribution in [2.75, 3.05) is 19.6 Å². The van der Waals surface area contributed by atoms with Gasteiger partial charge < -0.3 is 15.0 Å². The molecule has 18 heteroatoms. The smallest absolute Gasteiger partial charge is 0.406 e. The van der Waals surface area contributed by atoms with Crippen LogP contribution in [0.4, 0.5) is 22.0 Å². The van der Waals surface area contributed by atoms with Gasteiger partial charge in [0.15, 0.2) is 0 Å². The fourth-order valence-electron chi connectivity index (χ4n) is 4.44. The first kappa shape index (κ1) is 32.7. The Morgan fingerprint density at radius 1 is 1.02 bits per heavy atom. The first-order valence-electron chi connectivity index (χ1n) is 13.2. The van der Waals surface area contributed by atoms with Gasteiger partial charge in [0, 0.05) is 38.2 Å². The van der Waals surface area contributed by atoms with Crippen molar-refractivity contribution in [1.82, 2.24) is 34.7 Å². The SMILES string of the molecule is CCC(F)(F)c1ccc(CNC(=O)[C@H]2CN(C(=O)Cn3nnnc3C)CCN2S(=O)(=O)c2ccc(OC(F)(F)F)cc2)cc1. The Kier molecular flexibility index (Phi) is 9.53. The van der Waals surface area contributed by atoms with Crippen LogP contribution in [0, 0.1) is 6.92 Å². The first-order valence-corrected chi connectivity index (χ1v) is 14.7. The summed E-state index contributed by atoms with van der Waals surface area (Å²) in [6.45, 7) is 1.74. The van der Waals surface area contributed by atoms with Crippen LogP contribution in [0.1, 0.15) is 30.3 Å². The molecule has 1 fully saturated rings. The highest BCUT2D eigenvalue weighted by Crippen LogP contribution is 2.31. The number of hydrogen-bond acceptors (Lipinski definition) is 8. The summed E-state index contributed by atoms with van der Waals surface area (Å²) in [6.07, 6.45) is -5.38. The van der Waals surface area contributed by atoms with Gasteiger partial charge in [-0.1, -0.05) is 31.2 Å². The number of ether oxygens (including phenoxy) is 1.